The van der Waals surface area contributed by atoms with Crippen molar-refractivity contribution in [1.29, 1.82) is 0 Å². The minimum atomic E-state index is -2.08. The molecule has 0 unspecified atom stereocenters. The van der Waals surface area contributed by atoms with Crippen LogP contribution in [0.2, 0.25) is 0 Å². The summed E-state index contributed by atoms with van der Waals surface area (Å²) in [5.74, 6) is -1.55. The highest BCUT2D eigenvalue weighted by Crippen LogP contribution is 2.34. The number of benzene rings is 1. The summed E-state index contributed by atoms with van der Waals surface area (Å²) in [4.78, 5) is 24.8. The van der Waals surface area contributed by atoms with E-state index in [1.807, 2.05) is 6.07 Å². The summed E-state index contributed by atoms with van der Waals surface area (Å²) in [6.07, 6.45) is 0. The molecule has 1 saturated heterocycles. The third-order valence-electron chi connectivity index (χ3n) is 3.45. The molecule has 2 N–H and O–H groups in total. The molecular formula is C13H15NO4. The SMILES string of the molecule is C[C@]1(O)C(=O)N(Cc2ccccc2)C(=O)[C@@]1(C)O. The molecule has 0 bridgehead atoms. The van der Waals surface area contributed by atoms with Crippen molar-refractivity contribution in [2.75, 3.05) is 0 Å². The van der Waals surface area contributed by atoms with Gasteiger partial charge in [0, 0.05) is 0 Å². The van der Waals surface area contributed by atoms with Crippen molar-refractivity contribution in [3.63, 3.8) is 0 Å². The van der Waals surface area contributed by atoms with Gasteiger partial charge in [0.05, 0.1) is 6.54 Å². The molecule has 5 nitrogen and oxygen atoms in total. The monoisotopic (exact) mass is 249 g/mol. The number of hydrogen-bond acceptors (Lipinski definition) is 4. The lowest BCUT2D eigenvalue weighted by molar-refractivity contribution is -0.159. The third kappa shape index (κ3) is 1.63. The predicted molar refractivity (Wildman–Crippen MR) is 63.2 cm³/mol. The molecule has 2 atom stereocenters. The first-order valence-electron chi connectivity index (χ1n) is 5.63. The van der Waals surface area contributed by atoms with Gasteiger partial charge in [-0.15, -0.1) is 0 Å². The Morgan fingerprint density at radius 1 is 1.00 bits per heavy atom. The number of likely N-dealkylation sites (tertiary alicyclic amines) is 1. The molecule has 1 aromatic rings. The minimum absolute atomic E-state index is 0.0464. The zero-order chi connectivity index (χ0) is 13.6. The molecule has 1 aliphatic rings. The van der Waals surface area contributed by atoms with Crippen LogP contribution in [0.1, 0.15) is 19.4 Å². The number of aliphatic hydroxyl groups is 2. The van der Waals surface area contributed by atoms with Crippen molar-refractivity contribution in [2.24, 2.45) is 0 Å². The van der Waals surface area contributed by atoms with Crippen molar-refractivity contribution in [3.05, 3.63) is 35.9 Å². The summed E-state index contributed by atoms with van der Waals surface area (Å²) in [5, 5.41) is 19.9. The van der Waals surface area contributed by atoms with Gasteiger partial charge in [-0.1, -0.05) is 30.3 Å². The van der Waals surface area contributed by atoms with Gasteiger partial charge in [-0.2, -0.15) is 0 Å². The lowest BCUT2D eigenvalue weighted by Gasteiger charge is -2.25. The topological polar surface area (TPSA) is 77.8 Å². The van der Waals surface area contributed by atoms with Crippen LogP contribution in [0.5, 0.6) is 0 Å². The Morgan fingerprint density at radius 2 is 1.44 bits per heavy atom. The maximum absolute atomic E-state index is 12.0. The Bertz CT molecular complexity index is 467. The van der Waals surface area contributed by atoms with Gasteiger partial charge >= 0.3 is 0 Å². The van der Waals surface area contributed by atoms with Crippen LogP contribution in [0.25, 0.3) is 0 Å². The highest BCUT2D eigenvalue weighted by atomic mass is 16.4. The maximum atomic E-state index is 12.0. The number of rotatable bonds is 2. The standard InChI is InChI=1S/C13H15NO4/c1-12(17)10(15)14(11(16)13(12,2)18)8-9-6-4-3-5-7-9/h3-7,17-18H,8H2,1-2H3/t12-,13+. The van der Waals surface area contributed by atoms with Crippen LogP contribution in [0.3, 0.4) is 0 Å². The van der Waals surface area contributed by atoms with Crippen LogP contribution in [0.4, 0.5) is 0 Å². The Morgan fingerprint density at radius 3 is 1.89 bits per heavy atom. The van der Waals surface area contributed by atoms with Crippen LogP contribution in [-0.4, -0.2) is 38.1 Å². The van der Waals surface area contributed by atoms with Crippen molar-refractivity contribution in [3.8, 4) is 0 Å². The number of nitrogens with zero attached hydrogens (tertiary/aromatic N) is 1. The second-order valence-electron chi connectivity index (χ2n) is 4.83. The first-order chi connectivity index (χ1) is 8.28. The molecule has 18 heavy (non-hydrogen) atoms. The fourth-order valence-corrected chi connectivity index (χ4v) is 1.94. The lowest BCUT2D eigenvalue weighted by Crippen LogP contribution is -2.52. The molecule has 5 heteroatoms. The highest BCUT2D eigenvalue weighted by molar-refractivity contribution is 6.12. The number of carbonyl (C=O) groups is 2. The summed E-state index contributed by atoms with van der Waals surface area (Å²) >= 11 is 0. The molecule has 2 amide bonds. The summed E-state index contributed by atoms with van der Waals surface area (Å²) < 4.78 is 0. The Labute approximate surface area is 105 Å². The van der Waals surface area contributed by atoms with Crippen LogP contribution in [0, 0.1) is 0 Å². The number of carbonyl (C=O) groups excluding carboxylic acids is 2. The van der Waals surface area contributed by atoms with Gasteiger partial charge in [-0.25, -0.2) is 0 Å². The van der Waals surface area contributed by atoms with E-state index in [1.54, 1.807) is 24.3 Å². The quantitative estimate of drug-likeness (QED) is 0.726. The summed E-state index contributed by atoms with van der Waals surface area (Å²) in [7, 11) is 0. The van der Waals surface area contributed by atoms with E-state index in [2.05, 4.69) is 0 Å². The molecule has 0 aliphatic carbocycles. The van der Waals surface area contributed by atoms with Gasteiger partial charge < -0.3 is 10.2 Å². The number of amides is 2. The van der Waals surface area contributed by atoms with E-state index in [4.69, 9.17) is 0 Å². The van der Waals surface area contributed by atoms with E-state index in [1.165, 1.54) is 0 Å². The van der Waals surface area contributed by atoms with Crippen LogP contribution >= 0.6 is 0 Å². The van der Waals surface area contributed by atoms with Crippen molar-refractivity contribution >= 4 is 11.8 Å². The molecule has 0 radical (unpaired) electrons. The van der Waals surface area contributed by atoms with Gasteiger partial charge in [-0.3, -0.25) is 14.5 Å². The second-order valence-corrected chi connectivity index (χ2v) is 4.83. The van der Waals surface area contributed by atoms with Gasteiger partial charge in [0.15, 0.2) is 11.2 Å². The molecule has 1 aromatic carbocycles. The van der Waals surface area contributed by atoms with Crippen LogP contribution < -0.4 is 0 Å². The highest BCUT2D eigenvalue weighted by Gasteiger charge is 2.63. The van der Waals surface area contributed by atoms with E-state index in [-0.39, 0.29) is 6.54 Å². The smallest absolute Gasteiger partial charge is 0.264 e. The molecular weight excluding hydrogens is 234 g/mol. The van der Waals surface area contributed by atoms with Crippen molar-refractivity contribution in [2.45, 2.75) is 31.6 Å². The summed E-state index contributed by atoms with van der Waals surface area (Å²) in [5.41, 5.74) is -3.41. The Balaban J connectivity index is 2.31. The van der Waals surface area contributed by atoms with E-state index in [9.17, 15) is 19.8 Å². The molecule has 0 spiro atoms. The van der Waals surface area contributed by atoms with Gasteiger partial charge in [0.25, 0.3) is 11.8 Å². The predicted octanol–water partition coefficient (Wildman–Crippen LogP) is 0.0574. The molecule has 0 aromatic heterocycles. The van der Waals surface area contributed by atoms with E-state index < -0.39 is 23.0 Å². The minimum Gasteiger partial charge on any atom is -0.377 e. The van der Waals surface area contributed by atoms with E-state index in [0.717, 1.165) is 24.3 Å². The summed E-state index contributed by atoms with van der Waals surface area (Å²) in [6.45, 7) is 2.35. The van der Waals surface area contributed by atoms with E-state index >= 15 is 0 Å². The van der Waals surface area contributed by atoms with Gasteiger partial charge in [-0.05, 0) is 19.4 Å². The fourth-order valence-electron chi connectivity index (χ4n) is 1.94. The number of imide groups is 1. The second kappa shape index (κ2) is 3.90. The molecule has 0 saturated carbocycles. The first-order valence-corrected chi connectivity index (χ1v) is 5.63. The maximum Gasteiger partial charge on any atom is 0.264 e. The molecule has 96 valence electrons. The van der Waals surface area contributed by atoms with Crippen molar-refractivity contribution < 1.29 is 19.8 Å². The number of hydrogen-bond donors (Lipinski definition) is 2. The fraction of sp³-hybridized carbons (Fsp3) is 0.385. The zero-order valence-corrected chi connectivity index (χ0v) is 10.3. The van der Waals surface area contributed by atoms with Gasteiger partial charge in [0.2, 0.25) is 0 Å². The van der Waals surface area contributed by atoms with Crippen LogP contribution in [-0.2, 0) is 16.1 Å². The molecule has 1 heterocycles. The van der Waals surface area contributed by atoms with Crippen molar-refractivity contribution in [1.82, 2.24) is 4.90 Å². The first kappa shape index (κ1) is 12.7. The average Bonchev–Trinajstić information content (AvgIpc) is 2.44. The Kier molecular flexibility index (Phi) is 2.76. The van der Waals surface area contributed by atoms with Gasteiger partial charge in [0.1, 0.15) is 0 Å². The third-order valence-corrected chi connectivity index (χ3v) is 3.45. The molecule has 1 fully saturated rings. The largest absolute Gasteiger partial charge is 0.377 e. The average molecular weight is 249 g/mol. The summed E-state index contributed by atoms with van der Waals surface area (Å²) in [6, 6.07) is 8.93. The molecule has 2 rings (SSSR count). The lowest BCUT2D eigenvalue weighted by atomic mass is 9.89. The normalized spacial score (nSPS) is 32.1. The Hall–Kier alpha value is -1.72. The van der Waals surface area contributed by atoms with Crippen LogP contribution in [0.15, 0.2) is 30.3 Å². The molecule has 1 aliphatic heterocycles. The van der Waals surface area contributed by atoms with E-state index in [0.29, 0.717) is 0 Å². The zero-order valence-electron chi connectivity index (χ0n) is 10.3.